The Morgan fingerprint density at radius 2 is 1.53 bits per heavy atom. The van der Waals surface area contributed by atoms with E-state index in [1.165, 1.54) is 19.2 Å². The number of fused-ring (bicyclic) bond motifs is 1. The molecule has 30 heavy (non-hydrogen) atoms. The number of aromatic nitrogens is 3. The second kappa shape index (κ2) is 8.36. The molecule has 0 aliphatic rings. The van der Waals surface area contributed by atoms with Gasteiger partial charge >= 0.3 is 0 Å². The molecule has 3 N–H and O–H groups in total. The van der Waals surface area contributed by atoms with Crippen LogP contribution in [0.4, 0.5) is 23.0 Å². The van der Waals surface area contributed by atoms with Crippen LogP contribution in [0.15, 0.2) is 73.1 Å². The van der Waals surface area contributed by atoms with Gasteiger partial charge in [0.1, 0.15) is 5.69 Å². The summed E-state index contributed by atoms with van der Waals surface area (Å²) in [4.78, 5) is 36.6. The van der Waals surface area contributed by atoms with E-state index in [4.69, 9.17) is 0 Å². The van der Waals surface area contributed by atoms with Crippen molar-refractivity contribution in [1.29, 1.82) is 0 Å². The molecule has 4 aromatic rings. The Bertz CT molecular complexity index is 1220. The molecule has 8 nitrogen and oxygen atoms in total. The lowest BCUT2D eigenvalue weighted by atomic mass is 10.2. The van der Waals surface area contributed by atoms with E-state index >= 15 is 0 Å². The second-order valence-corrected chi connectivity index (χ2v) is 6.48. The van der Waals surface area contributed by atoms with Gasteiger partial charge in [0.25, 0.3) is 5.91 Å². The molecule has 2 aromatic carbocycles. The minimum Gasteiger partial charge on any atom is -0.326 e. The quantitative estimate of drug-likeness (QED) is 0.469. The summed E-state index contributed by atoms with van der Waals surface area (Å²) < 4.78 is 0. The van der Waals surface area contributed by atoms with E-state index in [1.807, 2.05) is 30.3 Å². The molecule has 2 amide bonds. The van der Waals surface area contributed by atoms with Crippen LogP contribution in [-0.4, -0.2) is 26.8 Å². The summed E-state index contributed by atoms with van der Waals surface area (Å²) in [6, 6.07) is 17.9. The highest BCUT2D eigenvalue weighted by Crippen LogP contribution is 2.23. The van der Waals surface area contributed by atoms with Crippen molar-refractivity contribution in [2.45, 2.75) is 6.92 Å². The van der Waals surface area contributed by atoms with E-state index in [9.17, 15) is 9.59 Å². The van der Waals surface area contributed by atoms with Crippen molar-refractivity contribution in [2.24, 2.45) is 0 Å². The van der Waals surface area contributed by atoms with Crippen LogP contribution in [0, 0.1) is 0 Å². The molecule has 0 saturated heterocycles. The smallest absolute Gasteiger partial charge is 0.274 e. The molecule has 2 heterocycles. The molecule has 4 rings (SSSR count). The average Bonchev–Trinajstić information content (AvgIpc) is 2.75. The van der Waals surface area contributed by atoms with E-state index < -0.39 is 0 Å². The van der Waals surface area contributed by atoms with Crippen LogP contribution in [0.5, 0.6) is 0 Å². The molecule has 0 atom stereocenters. The third-order valence-electron chi connectivity index (χ3n) is 4.23. The van der Waals surface area contributed by atoms with Crippen LogP contribution in [0.1, 0.15) is 17.4 Å². The first-order valence-electron chi connectivity index (χ1n) is 9.21. The van der Waals surface area contributed by atoms with Crippen molar-refractivity contribution in [3.8, 4) is 0 Å². The van der Waals surface area contributed by atoms with Gasteiger partial charge in [0.2, 0.25) is 11.9 Å². The highest BCUT2D eigenvalue weighted by molar-refractivity contribution is 6.03. The number of hydrogen-bond acceptors (Lipinski definition) is 6. The van der Waals surface area contributed by atoms with Crippen molar-refractivity contribution in [3.63, 3.8) is 0 Å². The number of nitrogens with one attached hydrogen (secondary N) is 3. The predicted molar refractivity (Wildman–Crippen MR) is 116 cm³/mol. The van der Waals surface area contributed by atoms with Crippen molar-refractivity contribution in [3.05, 3.63) is 78.8 Å². The van der Waals surface area contributed by atoms with Crippen molar-refractivity contribution >= 4 is 45.7 Å². The van der Waals surface area contributed by atoms with Gasteiger partial charge < -0.3 is 16.0 Å². The Morgan fingerprint density at radius 3 is 2.30 bits per heavy atom. The molecule has 8 heteroatoms. The molecule has 0 radical (unpaired) electrons. The summed E-state index contributed by atoms with van der Waals surface area (Å²) in [6.45, 7) is 1.44. The number of nitrogens with zero attached hydrogens (tertiary/aromatic N) is 3. The van der Waals surface area contributed by atoms with Gasteiger partial charge in [-0.05, 0) is 42.5 Å². The molecule has 0 aliphatic heterocycles. The van der Waals surface area contributed by atoms with Crippen molar-refractivity contribution < 1.29 is 9.59 Å². The number of carbonyl (C=O) groups is 2. The van der Waals surface area contributed by atoms with Crippen LogP contribution in [0.2, 0.25) is 0 Å². The number of amides is 2. The standard InChI is InChI=1S/C22H18N6O2/c1-14(29)25-16-7-9-17(10-8-16)26-21(30)19-11-13-24-22(28-19)27-18-6-2-4-15-5-3-12-23-20(15)18/h2-13H,1H3,(H,25,29)(H,26,30)(H,24,27,28). The number of pyridine rings is 1. The molecule has 148 valence electrons. The summed E-state index contributed by atoms with van der Waals surface area (Å²) in [7, 11) is 0. The second-order valence-electron chi connectivity index (χ2n) is 6.48. The fourth-order valence-electron chi connectivity index (χ4n) is 2.91. The summed E-state index contributed by atoms with van der Waals surface area (Å²) in [5.74, 6) is -0.236. The normalized spacial score (nSPS) is 10.4. The number of carbonyl (C=O) groups excluding carboxylic acids is 2. The molecule has 0 spiro atoms. The number of anilines is 4. The third-order valence-corrected chi connectivity index (χ3v) is 4.23. The fraction of sp³-hybridized carbons (Fsp3) is 0.0455. The Labute approximate surface area is 172 Å². The van der Waals surface area contributed by atoms with E-state index in [-0.39, 0.29) is 17.5 Å². The van der Waals surface area contributed by atoms with E-state index in [2.05, 4.69) is 30.9 Å². The highest BCUT2D eigenvalue weighted by Gasteiger charge is 2.11. The molecular formula is C22H18N6O2. The van der Waals surface area contributed by atoms with Crippen LogP contribution >= 0.6 is 0 Å². The first kappa shape index (κ1) is 19.0. The van der Waals surface area contributed by atoms with Gasteiger partial charge in [-0.25, -0.2) is 9.97 Å². The number of rotatable bonds is 5. The van der Waals surface area contributed by atoms with Gasteiger partial charge in [-0.2, -0.15) is 0 Å². The highest BCUT2D eigenvalue weighted by atomic mass is 16.2. The van der Waals surface area contributed by atoms with Crippen LogP contribution < -0.4 is 16.0 Å². The minimum absolute atomic E-state index is 0.158. The first-order valence-corrected chi connectivity index (χ1v) is 9.21. The van der Waals surface area contributed by atoms with Gasteiger partial charge in [-0.3, -0.25) is 14.6 Å². The van der Waals surface area contributed by atoms with Gasteiger partial charge in [-0.1, -0.05) is 18.2 Å². The van der Waals surface area contributed by atoms with Gasteiger partial charge in [0, 0.05) is 36.1 Å². The zero-order chi connectivity index (χ0) is 20.9. The fourth-order valence-corrected chi connectivity index (χ4v) is 2.91. The first-order chi connectivity index (χ1) is 14.6. The number of para-hydroxylation sites is 1. The molecule has 0 saturated carbocycles. The molecule has 0 bridgehead atoms. The van der Waals surface area contributed by atoms with Crippen LogP contribution in [0.3, 0.4) is 0 Å². The molecular weight excluding hydrogens is 380 g/mol. The number of benzene rings is 2. The largest absolute Gasteiger partial charge is 0.326 e. The Balaban J connectivity index is 1.50. The monoisotopic (exact) mass is 398 g/mol. The van der Waals surface area contributed by atoms with Crippen molar-refractivity contribution in [1.82, 2.24) is 15.0 Å². The third kappa shape index (κ3) is 4.39. The van der Waals surface area contributed by atoms with Crippen LogP contribution in [0.25, 0.3) is 10.9 Å². The lowest BCUT2D eigenvalue weighted by Crippen LogP contribution is -2.15. The topological polar surface area (TPSA) is 109 Å². The maximum absolute atomic E-state index is 12.6. The van der Waals surface area contributed by atoms with Gasteiger partial charge in [-0.15, -0.1) is 0 Å². The Morgan fingerprint density at radius 1 is 0.800 bits per heavy atom. The molecule has 2 aromatic heterocycles. The Kier molecular flexibility index (Phi) is 5.29. The predicted octanol–water partition coefficient (Wildman–Crippen LogP) is 3.98. The maximum atomic E-state index is 12.6. The SMILES string of the molecule is CC(=O)Nc1ccc(NC(=O)c2ccnc(Nc3cccc4cccnc34)n2)cc1. The van der Waals surface area contributed by atoms with Gasteiger partial charge in [0.05, 0.1) is 11.2 Å². The van der Waals surface area contributed by atoms with E-state index in [1.54, 1.807) is 30.5 Å². The van der Waals surface area contributed by atoms with E-state index in [0.717, 1.165) is 16.6 Å². The molecule has 0 aliphatic carbocycles. The summed E-state index contributed by atoms with van der Waals surface area (Å²) in [5.41, 5.74) is 2.99. The lowest BCUT2D eigenvalue weighted by Gasteiger charge is -2.09. The zero-order valence-corrected chi connectivity index (χ0v) is 16.1. The molecule has 0 fully saturated rings. The van der Waals surface area contributed by atoms with Gasteiger partial charge in [0.15, 0.2) is 0 Å². The average molecular weight is 398 g/mol. The van der Waals surface area contributed by atoms with Crippen molar-refractivity contribution in [2.75, 3.05) is 16.0 Å². The maximum Gasteiger partial charge on any atom is 0.274 e. The summed E-state index contributed by atoms with van der Waals surface area (Å²) in [5, 5.41) is 9.56. The summed E-state index contributed by atoms with van der Waals surface area (Å²) in [6.07, 6.45) is 3.23. The number of hydrogen-bond donors (Lipinski definition) is 3. The van der Waals surface area contributed by atoms with Crippen LogP contribution in [-0.2, 0) is 4.79 Å². The minimum atomic E-state index is -0.372. The van der Waals surface area contributed by atoms with E-state index in [0.29, 0.717) is 17.3 Å². The summed E-state index contributed by atoms with van der Waals surface area (Å²) >= 11 is 0. The zero-order valence-electron chi connectivity index (χ0n) is 16.1. The molecule has 0 unspecified atom stereocenters. The lowest BCUT2D eigenvalue weighted by molar-refractivity contribution is -0.114. The Hall–Kier alpha value is -4.33.